The van der Waals surface area contributed by atoms with Gasteiger partial charge in [0, 0.05) is 19.5 Å². The minimum atomic E-state index is -0.222. The zero-order valence-electron chi connectivity index (χ0n) is 19.1. The van der Waals surface area contributed by atoms with Gasteiger partial charge in [-0.1, -0.05) is 72.8 Å². The average molecular weight is 507 g/mol. The molecule has 4 heteroatoms. The molecule has 2 aromatic heterocycles. The van der Waals surface area contributed by atoms with Crippen molar-refractivity contribution >= 4 is 22.7 Å². The molecule has 0 aliphatic heterocycles. The number of thiophene rings is 2. The summed E-state index contributed by atoms with van der Waals surface area (Å²) in [6, 6.07) is 38.7. The topological polar surface area (TPSA) is 0 Å². The quantitative estimate of drug-likeness (QED) is 0.218. The molecule has 4 aromatic carbocycles. The Bertz CT molecular complexity index is 1480. The Morgan fingerprint density at radius 3 is 0.861 bits per heavy atom. The highest BCUT2D eigenvalue weighted by Crippen LogP contribution is 2.41. The zero-order chi connectivity index (χ0) is 24.5. The summed E-state index contributed by atoms with van der Waals surface area (Å²) in [5.41, 5.74) is 6.50. The molecule has 0 aliphatic rings. The molecule has 0 N–H and O–H groups in total. The maximum absolute atomic E-state index is 13.2. The average Bonchev–Trinajstić information content (AvgIpc) is 3.60. The Labute approximate surface area is 216 Å². The molecule has 174 valence electrons. The predicted octanol–water partition coefficient (Wildman–Crippen LogP) is 10.4. The predicted molar refractivity (Wildman–Crippen MR) is 149 cm³/mol. The van der Waals surface area contributed by atoms with Crippen LogP contribution in [0.2, 0.25) is 0 Å². The van der Waals surface area contributed by atoms with Crippen LogP contribution >= 0.6 is 22.7 Å². The van der Waals surface area contributed by atoms with Crippen LogP contribution in [-0.2, 0) is 0 Å². The highest BCUT2D eigenvalue weighted by Gasteiger charge is 2.10. The van der Waals surface area contributed by atoms with Crippen molar-refractivity contribution in [3.8, 4) is 52.9 Å². The fourth-order valence-electron chi connectivity index (χ4n) is 4.19. The fraction of sp³-hybridized carbons (Fsp3) is 0. The lowest BCUT2D eigenvalue weighted by atomic mass is 10.0. The molecular weight excluding hydrogens is 486 g/mol. The molecule has 0 nitrogen and oxygen atoms in total. The van der Waals surface area contributed by atoms with Crippen LogP contribution in [0, 0.1) is 11.6 Å². The summed E-state index contributed by atoms with van der Waals surface area (Å²) < 4.78 is 26.4. The van der Waals surface area contributed by atoms with Gasteiger partial charge in [0.05, 0.1) is 0 Å². The second-order valence-corrected chi connectivity index (χ2v) is 10.7. The van der Waals surface area contributed by atoms with Gasteiger partial charge in [-0.2, -0.15) is 0 Å². The van der Waals surface area contributed by atoms with Crippen molar-refractivity contribution in [1.82, 2.24) is 0 Å². The molecule has 6 aromatic rings. The second-order valence-electron chi connectivity index (χ2n) is 8.50. The molecule has 6 rings (SSSR count). The van der Waals surface area contributed by atoms with Crippen LogP contribution in [0.3, 0.4) is 0 Å². The minimum Gasteiger partial charge on any atom is -0.207 e. The van der Waals surface area contributed by atoms with Gasteiger partial charge in [0.25, 0.3) is 0 Å². The van der Waals surface area contributed by atoms with E-state index < -0.39 is 0 Å². The van der Waals surface area contributed by atoms with Crippen LogP contribution in [-0.4, -0.2) is 0 Å². The molecule has 0 saturated heterocycles. The lowest BCUT2D eigenvalue weighted by molar-refractivity contribution is 0.627. The molecule has 0 fully saturated rings. The summed E-state index contributed by atoms with van der Waals surface area (Å²) in [5.74, 6) is -0.444. The van der Waals surface area contributed by atoms with Crippen LogP contribution in [0.4, 0.5) is 8.78 Å². The molecule has 0 aliphatic carbocycles. The first kappa shape index (κ1) is 22.6. The van der Waals surface area contributed by atoms with Crippen LogP contribution in [0.5, 0.6) is 0 Å². The minimum absolute atomic E-state index is 0.222. The highest BCUT2D eigenvalue weighted by molar-refractivity contribution is 7.25. The van der Waals surface area contributed by atoms with E-state index in [2.05, 4.69) is 72.8 Å². The number of halogens is 2. The SMILES string of the molecule is Fc1ccc(-c2ccc(-c3ccc(-c4ccc(-c5ccc(-c6ccc(F)cc6)cc5)s4)s3)cc2)cc1. The van der Waals surface area contributed by atoms with E-state index in [-0.39, 0.29) is 11.6 Å². The number of hydrogen-bond donors (Lipinski definition) is 0. The van der Waals surface area contributed by atoms with Gasteiger partial charge in [0.15, 0.2) is 0 Å². The van der Waals surface area contributed by atoms with E-state index in [9.17, 15) is 8.78 Å². The van der Waals surface area contributed by atoms with Crippen molar-refractivity contribution in [2.75, 3.05) is 0 Å². The van der Waals surface area contributed by atoms with Crippen LogP contribution in [0.15, 0.2) is 121 Å². The normalized spacial score (nSPS) is 11.1. The molecule has 0 bridgehead atoms. The van der Waals surface area contributed by atoms with E-state index in [1.165, 1.54) is 54.9 Å². The molecule has 0 amide bonds. The third kappa shape index (κ3) is 4.66. The first-order valence-electron chi connectivity index (χ1n) is 11.6. The summed E-state index contributed by atoms with van der Waals surface area (Å²) in [4.78, 5) is 4.92. The largest absolute Gasteiger partial charge is 0.207 e. The van der Waals surface area contributed by atoms with E-state index in [0.717, 1.165) is 22.3 Å². The number of hydrogen-bond acceptors (Lipinski definition) is 2. The molecule has 0 spiro atoms. The van der Waals surface area contributed by atoms with Gasteiger partial charge in [0.1, 0.15) is 11.6 Å². The molecule has 0 atom stereocenters. The monoisotopic (exact) mass is 506 g/mol. The first-order valence-corrected chi connectivity index (χ1v) is 13.2. The summed E-state index contributed by atoms with van der Waals surface area (Å²) >= 11 is 3.56. The molecular formula is C32H20F2S2. The lowest BCUT2D eigenvalue weighted by Crippen LogP contribution is -1.79. The Morgan fingerprint density at radius 2 is 0.528 bits per heavy atom. The summed E-state index contributed by atoms with van der Waals surface area (Å²) in [5, 5.41) is 0. The van der Waals surface area contributed by atoms with E-state index in [1.807, 2.05) is 0 Å². The third-order valence-corrected chi connectivity index (χ3v) is 8.61. The van der Waals surface area contributed by atoms with Gasteiger partial charge in [-0.25, -0.2) is 8.78 Å². The Morgan fingerprint density at radius 1 is 0.278 bits per heavy atom. The smallest absolute Gasteiger partial charge is 0.123 e. The van der Waals surface area contributed by atoms with Gasteiger partial charge in [-0.3, -0.25) is 0 Å². The maximum Gasteiger partial charge on any atom is 0.123 e. The number of rotatable bonds is 5. The van der Waals surface area contributed by atoms with Gasteiger partial charge in [-0.15, -0.1) is 22.7 Å². The lowest BCUT2D eigenvalue weighted by Gasteiger charge is -2.03. The van der Waals surface area contributed by atoms with Gasteiger partial charge < -0.3 is 0 Å². The van der Waals surface area contributed by atoms with Crippen molar-refractivity contribution in [2.45, 2.75) is 0 Å². The maximum atomic E-state index is 13.2. The van der Waals surface area contributed by atoms with Crippen molar-refractivity contribution in [3.63, 3.8) is 0 Å². The Hall–Kier alpha value is -3.86. The van der Waals surface area contributed by atoms with Crippen molar-refractivity contribution in [1.29, 1.82) is 0 Å². The molecule has 2 heterocycles. The summed E-state index contributed by atoms with van der Waals surface area (Å²) in [7, 11) is 0. The first-order chi connectivity index (χ1) is 17.6. The third-order valence-electron chi connectivity index (χ3n) is 6.15. The molecule has 0 saturated carbocycles. The van der Waals surface area contributed by atoms with Crippen LogP contribution < -0.4 is 0 Å². The number of benzene rings is 4. The second kappa shape index (κ2) is 9.65. The standard InChI is InChI=1S/C32H20F2S2/c33-27-13-9-23(10-14-27)21-1-5-25(6-2-21)29-17-19-31(35-29)32-20-18-30(36-32)26-7-3-22(4-8-26)24-11-15-28(34)16-12-24/h1-20H. The Kier molecular flexibility index (Phi) is 6.06. The van der Waals surface area contributed by atoms with E-state index in [0.29, 0.717) is 0 Å². The molecule has 0 radical (unpaired) electrons. The van der Waals surface area contributed by atoms with E-state index >= 15 is 0 Å². The van der Waals surface area contributed by atoms with Crippen LogP contribution in [0.1, 0.15) is 0 Å². The zero-order valence-corrected chi connectivity index (χ0v) is 20.8. The molecule has 0 unspecified atom stereocenters. The molecule has 36 heavy (non-hydrogen) atoms. The van der Waals surface area contributed by atoms with Gasteiger partial charge >= 0.3 is 0 Å². The van der Waals surface area contributed by atoms with Crippen molar-refractivity contribution in [3.05, 3.63) is 133 Å². The van der Waals surface area contributed by atoms with Crippen molar-refractivity contribution < 1.29 is 8.78 Å². The van der Waals surface area contributed by atoms with Gasteiger partial charge in [0.2, 0.25) is 0 Å². The summed E-state index contributed by atoms with van der Waals surface area (Å²) in [6.07, 6.45) is 0. The fourth-order valence-corrected chi connectivity index (χ4v) is 6.30. The highest BCUT2D eigenvalue weighted by atomic mass is 32.1. The van der Waals surface area contributed by atoms with E-state index in [1.54, 1.807) is 46.9 Å². The summed E-state index contributed by atoms with van der Waals surface area (Å²) in [6.45, 7) is 0. The van der Waals surface area contributed by atoms with E-state index in [4.69, 9.17) is 0 Å². The van der Waals surface area contributed by atoms with Crippen molar-refractivity contribution in [2.24, 2.45) is 0 Å². The Balaban J connectivity index is 1.19. The van der Waals surface area contributed by atoms with Crippen LogP contribution in [0.25, 0.3) is 52.9 Å². The van der Waals surface area contributed by atoms with Gasteiger partial charge in [-0.05, 0) is 81.9 Å².